The molecule has 0 saturated heterocycles. The van der Waals surface area contributed by atoms with Crippen LogP contribution in [-0.4, -0.2) is 54.6 Å². The van der Waals surface area contributed by atoms with Gasteiger partial charge < -0.3 is 10.4 Å². The van der Waals surface area contributed by atoms with Crippen LogP contribution >= 0.6 is 0 Å². The molecule has 0 radical (unpaired) electrons. The zero-order valence-electron chi connectivity index (χ0n) is 12.8. The Hall–Kier alpha value is -1.15. The van der Waals surface area contributed by atoms with E-state index in [0.29, 0.717) is 12.8 Å². The first-order valence-corrected chi connectivity index (χ1v) is 8.71. The number of carboxylic acid groups (broad SMARTS) is 1. The number of aliphatic carboxylic acids is 1. The lowest BCUT2D eigenvalue weighted by molar-refractivity contribution is -0.146. The van der Waals surface area contributed by atoms with E-state index in [9.17, 15) is 23.1 Å². The van der Waals surface area contributed by atoms with Crippen molar-refractivity contribution in [1.29, 1.82) is 0 Å². The van der Waals surface area contributed by atoms with Gasteiger partial charge in [0.05, 0.1) is 23.8 Å². The fourth-order valence-electron chi connectivity index (χ4n) is 2.76. The fraction of sp³-hybridized carbons (Fsp3) is 0.846. The van der Waals surface area contributed by atoms with Crippen LogP contribution in [0.2, 0.25) is 0 Å². The van der Waals surface area contributed by atoms with E-state index in [0.717, 1.165) is 17.1 Å². The molecule has 2 atom stereocenters. The Morgan fingerprint density at radius 1 is 1.38 bits per heavy atom. The molecular formula is C13H24N2O5S. The maximum Gasteiger partial charge on any atom is 0.308 e. The van der Waals surface area contributed by atoms with Crippen LogP contribution in [0.3, 0.4) is 0 Å². The third-order valence-electron chi connectivity index (χ3n) is 4.14. The number of hydrogen-bond acceptors (Lipinski definition) is 4. The summed E-state index contributed by atoms with van der Waals surface area (Å²) in [6.45, 7) is 2.93. The van der Waals surface area contributed by atoms with Crippen LogP contribution in [0.4, 0.5) is 0 Å². The van der Waals surface area contributed by atoms with Crippen molar-refractivity contribution >= 4 is 21.9 Å². The number of rotatable bonds is 6. The molecule has 1 aliphatic rings. The lowest BCUT2D eigenvalue weighted by atomic mass is 9.74. The minimum atomic E-state index is -3.43. The van der Waals surface area contributed by atoms with Crippen LogP contribution in [0, 0.1) is 5.92 Å². The predicted octanol–water partition coefficient (Wildman–Crippen LogP) is 0.418. The maximum atomic E-state index is 12.0. The molecule has 0 aromatic heterocycles. The summed E-state index contributed by atoms with van der Waals surface area (Å²) in [5, 5.41) is 12.0. The zero-order chi connectivity index (χ0) is 16.3. The van der Waals surface area contributed by atoms with Crippen molar-refractivity contribution in [2.24, 2.45) is 5.92 Å². The molecule has 1 rings (SSSR count). The van der Waals surface area contributed by atoms with Crippen LogP contribution in [0.5, 0.6) is 0 Å². The second-order valence-electron chi connectivity index (χ2n) is 5.76. The summed E-state index contributed by atoms with van der Waals surface area (Å²) in [6, 6.07) is 0. The van der Waals surface area contributed by atoms with Crippen LogP contribution in [0.25, 0.3) is 0 Å². The van der Waals surface area contributed by atoms with E-state index in [1.54, 1.807) is 6.92 Å². The summed E-state index contributed by atoms with van der Waals surface area (Å²) in [5.41, 5.74) is -0.821. The average molecular weight is 320 g/mol. The van der Waals surface area contributed by atoms with E-state index in [-0.39, 0.29) is 12.3 Å². The first-order valence-electron chi connectivity index (χ1n) is 7.10. The van der Waals surface area contributed by atoms with Gasteiger partial charge in [-0.2, -0.15) is 4.31 Å². The summed E-state index contributed by atoms with van der Waals surface area (Å²) < 4.78 is 24.3. The molecule has 1 aliphatic carbocycles. The molecule has 0 aromatic rings. The Kier molecular flexibility index (Phi) is 5.75. The molecule has 21 heavy (non-hydrogen) atoms. The Morgan fingerprint density at radius 3 is 2.52 bits per heavy atom. The third-order valence-corrected chi connectivity index (χ3v) is 5.95. The summed E-state index contributed by atoms with van der Waals surface area (Å²) in [4.78, 5) is 23.4. The SMILES string of the molecule is CCS(=O)(=O)N(C)CC(=O)NC1(C)CCCCC1C(=O)O. The van der Waals surface area contributed by atoms with E-state index in [1.165, 1.54) is 14.0 Å². The Bertz CT molecular complexity index is 505. The van der Waals surface area contributed by atoms with Crippen LogP contribution in [0.15, 0.2) is 0 Å². The summed E-state index contributed by atoms with van der Waals surface area (Å²) >= 11 is 0. The molecule has 0 bridgehead atoms. The van der Waals surface area contributed by atoms with E-state index >= 15 is 0 Å². The average Bonchev–Trinajstić information content (AvgIpc) is 2.37. The highest BCUT2D eigenvalue weighted by Crippen LogP contribution is 2.33. The lowest BCUT2D eigenvalue weighted by Gasteiger charge is -2.40. The van der Waals surface area contributed by atoms with Gasteiger partial charge in [-0.3, -0.25) is 9.59 Å². The number of amides is 1. The summed E-state index contributed by atoms with van der Waals surface area (Å²) in [6.07, 6.45) is 2.78. The van der Waals surface area contributed by atoms with E-state index < -0.39 is 33.4 Å². The highest BCUT2D eigenvalue weighted by atomic mass is 32.2. The highest BCUT2D eigenvalue weighted by molar-refractivity contribution is 7.89. The highest BCUT2D eigenvalue weighted by Gasteiger charge is 2.42. The molecule has 0 heterocycles. The normalized spacial score (nSPS) is 26.6. The molecule has 1 saturated carbocycles. The molecule has 1 amide bonds. The number of carboxylic acids is 1. The Labute approximate surface area is 125 Å². The van der Waals surface area contributed by atoms with Gasteiger partial charge in [0.25, 0.3) is 0 Å². The monoisotopic (exact) mass is 320 g/mol. The number of nitrogens with zero attached hydrogens (tertiary/aromatic N) is 1. The van der Waals surface area contributed by atoms with Crippen molar-refractivity contribution in [2.45, 2.75) is 45.1 Å². The first-order chi connectivity index (χ1) is 9.62. The zero-order valence-corrected chi connectivity index (χ0v) is 13.6. The molecule has 2 N–H and O–H groups in total. The van der Waals surface area contributed by atoms with Crippen molar-refractivity contribution < 1.29 is 23.1 Å². The Morgan fingerprint density at radius 2 is 2.00 bits per heavy atom. The molecule has 7 nitrogen and oxygen atoms in total. The van der Waals surface area contributed by atoms with Crippen molar-refractivity contribution in [3.8, 4) is 0 Å². The molecule has 1 fully saturated rings. The van der Waals surface area contributed by atoms with Gasteiger partial charge in [0.15, 0.2) is 0 Å². The van der Waals surface area contributed by atoms with Crippen molar-refractivity contribution in [3.63, 3.8) is 0 Å². The third kappa shape index (κ3) is 4.41. The molecule has 2 unspecified atom stereocenters. The Balaban J connectivity index is 2.74. The number of likely N-dealkylation sites (N-methyl/N-ethyl adjacent to an activating group) is 1. The van der Waals surface area contributed by atoms with Crippen LogP contribution in [0.1, 0.15) is 39.5 Å². The van der Waals surface area contributed by atoms with Crippen LogP contribution < -0.4 is 5.32 Å². The van der Waals surface area contributed by atoms with Gasteiger partial charge in [-0.25, -0.2) is 8.42 Å². The van der Waals surface area contributed by atoms with Crippen molar-refractivity contribution in [3.05, 3.63) is 0 Å². The molecule has 122 valence electrons. The first kappa shape index (κ1) is 17.9. The van der Waals surface area contributed by atoms with Crippen molar-refractivity contribution in [1.82, 2.24) is 9.62 Å². The molecule has 8 heteroatoms. The van der Waals surface area contributed by atoms with Gasteiger partial charge in [-0.15, -0.1) is 0 Å². The number of carbonyl (C=O) groups is 2. The number of nitrogens with one attached hydrogen (secondary N) is 1. The minimum absolute atomic E-state index is 0.0776. The van der Waals surface area contributed by atoms with Gasteiger partial charge in [0.2, 0.25) is 15.9 Å². The minimum Gasteiger partial charge on any atom is -0.481 e. The number of sulfonamides is 1. The molecular weight excluding hydrogens is 296 g/mol. The van der Waals surface area contributed by atoms with Gasteiger partial charge in [0.1, 0.15) is 0 Å². The standard InChI is InChI=1S/C13H24N2O5S/c1-4-21(19,20)15(3)9-11(16)14-13(2)8-6-5-7-10(13)12(17)18/h10H,4-9H2,1-3H3,(H,14,16)(H,17,18). The van der Waals surface area contributed by atoms with Gasteiger partial charge in [0, 0.05) is 7.05 Å². The van der Waals surface area contributed by atoms with Gasteiger partial charge in [-0.1, -0.05) is 12.8 Å². The molecule has 0 spiro atoms. The lowest BCUT2D eigenvalue weighted by Crippen LogP contribution is -2.57. The van der Waals surface area contributed by atoms with Crippen molar-refractivity contribution in [2.75, 3.05) is 19.3 Å². The largest absolute Gasteiger partial charge is 0.481 e. The summed E-state index contributed by atoms with van der Waals surface area (Å²) in [5.74, 6) is -2.10. The second-order valence-corrected chi connectivity index (χ2v) is 8.12. The molecule has 0 aliphatic heterocycles. The second kappa shape index (κ2) is 6.74. The topological polar surface area (TPSA) is 104 Å². The fourth-order valence-corrected chi connectivity index (χ4v) is 3.51. The predicted molar refractivity (Wildman–Crippen MR) is 78.2 cm³/mol. The van der Waals surface area contributed by atoms with Crippen LogP contribution in [-0.2, 0) is 19.6 Å². The van der Waals surface area contributed by atoms with Gasteiger partial charge in [-0.05, 0) is 26.7 Å². The van der Waals surface area contributed by atoms with E-state index in [4.69, 9.17) is 0 Å². The van der Waals surface area contributed by atoms with E-state index in [1.807, 2.05) is 0 Å². The molecule has 0 aromatic carbocycles. The van der Waals surface area contributed by atoms with E-state index in [2.05, 4.69) is 5.32 Å². The number of hydrogen-bond donors (Lipinski definition) is 2. The quantitative estimate of drug-likeness (QED) is 0.738. The smallest absolute Gasteiger partial charge is 0.308 e. The number of carbonyl (C=O) groups excluding carboxylic acids is 1. The summed E-state index contributed by atoms with van der Waals surface area (Å²) in [7, 11) is -2.08. The maximum absolute atomic E-state index is 12.0. The van der Waals surface area contributed by atoms with Gasteiger partial charge >= 0.3 is 5.97 Å².